The molecule has 0 fully saturated rings. The van der Waals surface area contributed by atoms with Crippen LogP contribution in [-0.4, -0.2) is 46.4 Å². The Kier molecular flexibility index (Phi) is 4.45. The number of imide groups is 1. The molecule has 7 nitrogen and oxygen atoms in total. The summed E-state index contributed by atoms with van der Waals surface area (Å²) in [4.78, 5) is 39.2. The molecule has 0 atom stereocenters. The number of fused-ring (bicyclic) bond motifs is 1. The lowest BCUT2D eigenvalue weighted by Crippen LogP contribution is -2.47. The van der Waals surface area contributed by atoms with Gasteiger partial charge >= 0.3 is 0 Å². The fraction of sp³-hybridized carbons (Fsp3) is 0.273. The average Bonchev–Trinajstić information content (AvgIpc) is 2.94. The largest absolute Gasteiger partial charge is 0.399 e. The standard InChI is InChI=1S/C22H22N4O3/c1-22(2)13-18(14-7-9-15(23)10-8-14)24-26(21(22)29)12-11-25-19(27)16-5-3-4-6-17(16)20(25)28/h3-10H,11-13,23H2,1-2H3. The van der Waals surface area contributed by atoms with Gasteiger partial charge in [0.2, 0.25) is 5.91 Å². The van der Waals surface area contributed by atoms with Crippen molar-refractivity contribution >= 4 is 29.1 Å². The first-order valence-electron chi connectivity index (χ1n) is 9.48. The summed E-state index contributed by atoms with van der Waals surface area (Å²) in [5.74, 6) is -0.803. The molecule has 148 valence electrons. The van der Waals surface area contributed by atoms with E-state index in [1.54, 1.807) is 36.4 Å². The number of nitrogen functional groups attached to an aromatic ring is 1. The molecule has 2 aromatic rings. The van der Waals surface area contributed by atoms with Gasteiger partial charge in [0, 0.05) is 18.7 Å². The molecule has 0 spiro atoms. The summed E-state index contributed by atoms with van der Waals surface area (Å²) in [6.45, 7) is 3.98. The van der Waals surface area contributed by atoms with Crippen molar-refractivity contribution < 1.29 is 14.4 Å². The van der Waals surface area contributed by atoms with E-state index in [9.17, 15) is 14.4 Å². The SMILES string of the molecule is CC1(C)CC(c2ccc(N)cc2)=NN(CCN2C(=O)c3ccccc3C2=O)C1=O. The van der Waals surface area contributed by atoms with E-state index in [0.717, 1.165) is 11.3 Å². The maximum Gasteiger partial charge on any atom is 0.261 e. The fourth-order valence-electron chi connectivity index (χ4n) is 3.69. The molecule has 7 heteroatoms. The Morgan fingerprint density at radius 2 is 1.52 bits per heavy atom. The van der Waals surface area contributed by atoms with E-state index in [0.29, 0.717) is 23.2 Å². The van der Waals surface area contributed by atoms with Crippen molar-refractivity contribution in [3.63, 3.8) is 0 Å². The molecule has 29 heavy (non-hydrogen) atoms. The quantitative estimate of drug-likeness (QED) is 0.641. The Bertz CT molecular complexity index is 1010. The van der Waals surface area contributed by atoms with Crippen LogP contribution < -0.4 is 5.73 Å². The maximum atomic E-state index is 12.9. The molecule has 4 rings (SSSR count). The van der Waals surface area contributed by atoms with Crippen molar-refractivity contribution in [2.75, 3.05) is 18.8 Å². The Balaban J connectivity index is 1.56. The van der Waals surface area contributed by atoms with Crippen LogP contribution >= 0.6 is 0 Å². The summed E-state index contributed by atoms with van der Waals surface area (Å²) < 4.78 is 0. The van der Waals surface area contributed by atoms with E-state index in [4.69, 9.17) is 5.73 Å². The van der Waals surface area contributed by atoms with Crippen molar-refractivity contribution in [1.29, 1.82) is 0 Å². The first-order valence-corrected chi connectivity index (χ1v) is 9.48. The van der Waals surface area contributed by atoms with E-state index < -0.39 is 5.41 Å². The van der Waals surface area contributed by atoms with Crippen molar-refractivity contribution in [2.45, 2.75) is 20.3 Å². The van der Waals surface area contributed by atoms with Crippen LogP contribution in [0, 0.1) is 5.41 Å². The summed E-state index contributed by atoms with van der Waals surface area (Å²) in [6.07, 6.45) is 0.499. The predicted molar refractivity (Wildman–Crippen MR) is 109 cm³/mol. The molecule has 2 aliphatic heterocycles. The second-order valence-electron chi connectivity index (χ2n) is 7.97. The molecule has 0 saturated heterocycles. The van der Waals surface area contributed by atoms with Gasteiger partial charge in [0.05, 0.1) is 28.8 Å². The number of hydrogen-bond acceptors (Lipinski definition) is 5. The van der Waals surface area contributed by atoms with Crippen molar-refractivity contribution in [3.05, 3.63) is 65.2 Å². The third-order valence-electron chi connectivity index (χ3n) is 5.32. The highest BCUT2D eigenvalue weighted by molar-refractivity contribution is 6.21. The highest BCUT2D eigenvalue weighted by Gasteiger charge is 2.40. The number of carbonyl (C=O) groups is 3. The summed E-state index contributed by atoms with van der Waals surface area (Å²) in [7, 11) is 0. The van der Waals surface area contributed by atoms with Gasteiger partial charge in [0.25, 0.3) is 11.8 Å². The molecule has 3 amide bonds. The monoisotopic (exact) mass is 390 g/mol. The smallest absolute Gasteiger partial charge is 0.261 e. The minimum atomic E-state index is -0.638. The average molecular weight is 390 g/mol. The van der Waals surface area contributed by atoms with Gasteiger partial charge < -0.3 is 5.73 Å². The molecule has 0 unspecified atom stereocenters. The summed E-state index contributed by atoms with van der Waals surface area (Å²) in [5.41, 5.74) is 8.25. The van der Waals surface area contributed by atoms with Crippen LogP contribution in [-0.2, 0) is 4.79 Å². The van der Waals surface area contributed by atoms with Gasteiger partial charge in [-0.3, -0.25) is 19.3 Å². The Labute approximate surface area is 168 Å². The lowest BCUT2D eigenvalue weighted by molar-refractivity contribution is -0.141. The van der Waals surface area contributed by atoms with E-state index in [2.05, 4.69) is 5.10 Å². The van der Waals surface area contributed by atoms with Gasteiger partial charge in [-0.1, -0.05) is 38.1 Å². The number of anilines is 1. The van der Waals surface area contributed by atoms with E-state index in [-0.39, 0.29) is 30.8 Å². The Morgan fingerprint density at radius 1 is 0.931 bits per heavy atom. The van der Waals surface area contributed by atoms with Crippen LogP contribution in [0.3, 0.4) is 0 Å². The van der Waals surface area contributed by atoms with Gasteiger partial charge in [-0.25, -0.2) is 5.01 Å². The van der Waals surface area contributed by atoms with Gasteiger partial charge in [-0.2, -0.15) is 5.10 Å². The van der Waals surface area contributed by atoms with Crippen LogP contribution in [0.4, 0.5) is 5.69 Å². The van der Waals surface area contributed by atoms with Crippen molar-refractivity contribution in [3.8, 4) is 0 Å². The first kappa shape index (κ1) is 18.9. The minimum Gasteiger partial charge on any atom is -0.399 e. The van der Waals surface area contributed by atoms with Crippen molar-refractivity contribution in [2.24, 2.45) is 10.5 Å². The summed E-state index contributed by atoms with van der Waals surface area (Å²) >= 11 is 0. The zero-order valence-corrected chi connectivity index (χ0v) is 16.4. The van der Waals surface area contributed by atoms with Crippen molar-refractivity contribution in [1.82, 2.24) is 9.91 Å². The van der Waals surface area contributed by atoms with Crippen LogP contribution in [0.15, 0.2) is 53.6 Å². The molecule has 0 aromatic heterocycles. The van der Waals surface area contributed by atoms with Gasteiger partial charge in [-0.05, 0) is 29.8 Å². The number of nitrogens with zero attached hydrogens (tertiary/aromatic N) is 3. The molecule has 0 saturated carbocycles. The minimum absolute atomic E-state index is 0.0900. The van der Waals surface area contributed by atoms with Crippen LogP contribution in [0.25, 0.3) is 0 Å². The zero-order valence-electron chi connectivity index (χ0n) is 16.4. The van der Waals surface area contributed by atoms with E-state index in [1.165, 1.54) is 9.91 Å². The van der Waals surface area contributed by atoms with E-state index in [1.807, 2.05) is 26.0 Å². The number of amides is 3. The number of hydrazone groups is 1. The first-order chi connectivity index (χ1) is 13.8. The fourth-order valence-corrected chi connectivity index (χ4v) is 3.69. The number of rotatable bonds is 4. The lowest BCUT2D eigenvalue weighted by atomic mass is 9.83. The van der Waals surface area contributed by atoms with Gasteiger partial charge in [0.1, 0.15) is 0 Å². The number of carbonyl (C=O) groups excluding carboxylic acids is 3. The van der Waals surface area contributed by atoms with Crippen LogP contribution in [0.2, 0.25) is 0 Å². The highest BCUT2D eigenvalue weighted by atomic mass is 16.2. The number of nitrogens with two attached hydrogens (primary N) is 1. The molecule has 0 bridgehead atoms. The lowest BCUT2D eigenvalue weighted by Gasteiger charge is -2.35. The van der Waals surface area contributed by atoms with E-state index >= 15 is 0 Å². The Hall–Kier alpha value is -3.48. The molecule has 2 heterocycles. The normalized spacial score (nSPS) is 18.1. The highest BCUT2D eigenvalue weighted by Crippen LogP contribution is 2.31. The summed E-state index contributed by atoms with van der Waals surface area (Å²) in [6, 6.07) is 14.1. The third kappa shape index (κ3) is 3.29. The molecular weight excluding hydrogens is 368 g/mol. The second kappa shape index (κ2) is 6.84. The molecule has 2 N–H and O–H groups in total. The third-order valence-corrected chi connectivity index (χ3v) is 5.32. The molecule has 0 aliphatic carbocycles. The molecular formula is C22H22N4O3. The predicted octanol–water partition coefficient (Wildman–Crippen LogP) is 2.53. The number of hydrogen-bond donors (Lipinski definition) is 1. The number of benzene rings is 2. The zero-order chi connectivity index (χ0) is 20.8. The Morgan fingerprint density at radius 3 is 2.10 bits per heavy atom. The molecule has 2 aromatic carbocycles. The van der Waals surface area contributed by atoms with Gasteiger partial charge in [-0.15, -0.1) is 0 Å². The maximum absolute atomic E-state index is 12.9. The second-order valence-corrected chi connectivity index (χ2v) is 7.97. The van der Waals surface area contributed by atoms with Gasteiger partial charge in [0.15, 0.2) is 0 Å². The molecule has 2 aliphatic rings. The topological polar surface area (TPSA) is 96.1 Å². The van der Waals surface area contributed by atoms with Crippen LogP contribution in [0.5, 0.6) is 0 Å². The van der Waals surface area contributed by atoms with Crippen LogP contribution in [0.1, 0.15) is 46.5 Å². The molecule has 0 radical (unpaired) electrons. The summed E-state index contributed by atoms with van der Waals surface area (Å²) in [5, 5.41) is 5.90.